The molecule has 1 amide bonds. The molecule has 0 aliphatic heterocycles. The first-order valence-corrected chi connectivity index (χ1v) is 6.70. The van der Waals surface area contributed by atoms with Crippen LogP contribution in [0.1, 0.15) is 16.1 Å². The number of amides is 1. The Balaban J connectivity index is 1.83. The molecule has 4 N–H and O–H groups in total. The van der Waals surface area contributed by atoms with Crippen LogP contribution in [-0.4, -0.2) is 15.9 Å². The van der Waals surface area contributed by atoms with Crippen LogP contribution >= 0.6 is 11.3 Å². The van der Waals surface area contributed by atoms with Crippen LogP contribution in [0.25, 0.3) is 10.9 Å². The molecule has 0 unspecified atom stereocenters. The molecule has 19 heavy (non-hydrogen) atoms. The summed E-state index contributed by atoms with van der Waals surface area (Å²) in [6.07, 6.45) is 1.69. The van der Waals surface area contributed by atoms with Crippen LogP contribution in [0.15, 0.2) is 35.3 Å². The number of carbonyl (C=O) groups excluding carboxylic acids is 1. The van der Waals surface area contributed by atoms with Gasteiger partial charge in [-0.3, -0.25) is 4.79 Å². The van der Waals surface area contributed by atoms with Crippen molar-refractivity contribution in [3.05, 3.63) is 46.5 Å². The molecule has 3 aromatic rings. The number of hydrogen-bond acceptors (Lipinski definition) is 4. The summed E-state index contributed by atoms with van der Waals surface area (Å²) in [5, 5.41) is 5.58. The van der Waals surface area contributed by atoms with E-state index in [1.54, 1.807) is 23.8 Å². The van der Waals surface area contributed by atoms with Crippen molar-refractivity contribution in [1.29, 1.82) is 0 Å². The molecule has 96 valence electrons. The topological polar surface area (TPSA) is 83.8 Å². The average molecular weight is 272 g/mol. The van der Waals surface area contributed by atoms with Crippen LogP contribution in [0, 0.1) is 0 Å². The molecule has 0 saturated carbocycles. The summed E-state index contributed by atoms with van der Waals surface area (Å²) < 4.78 is 0. The molecular weight excluding hydrogens is 260 g/mol. The van der Waals surface area contributed by atoms with Crippen LogP contribution in [0.3, 0.4) is 0 Å². The fourth-order valence-corrected chi connectivity index (χ4v) is 2.48. The minimum Gasteiger partial charge on any atom is -0.399 e. The number of carbonyl (C=O) groups is 1. The zero-order valence-corrected chi connectivity index (χ0v) is 10.8. The summed E-state index contributed by atoms with van der Waals surface area (Å²) in [5.74, 6) is -0.134. The highest BCUT2D eigenvalue weighted by Crippen LogP contribution is 2.20. The second-order valence-corrected chi connectivity index (χ2v) is 4.89. The molecule has 6 heteroatoms. The Morgan fingerprint density at radius 1 is 1.47 bits per heavy atom. The molecule has 3 rings (SSSR count). The van der Waals surface area contributed by atoms with Crippen molar-refractivity contribution in [2.75, 3.05) is 5.73 Å². The van der Waals surface area contributed by atoms with E-state index in [2.05, 4.69) is 15.3 Å². The number of nitrogens with two attached hydrogens (primary N) is 1. The molecule has 0 fully saturated rings. The summed E-state index contributed by atoms with van der Waals surface area (Å²) in [6.45, 7) is 0.428. The third-order valence-corrected chi connectivity index (χ3v) is 3.50. The first-order valence-electron chi connectivity index (χ1n) is 5.76. The van der Waals surface area contributed by atoms with Crippen molar-refractivity contribution in [2.45, 2.75) is 6.54 Å². The van der Waals surface area contributed by atoms with Gasteiger partial charge in [0.2, 0.25) is 0 Å². The summed E-state index contributed by atoms with van der Waals surface area (Å²) >= 11 is 1.51. The zero-order valence-electron chi connectivity index (χ0n) is 10.0. The molecule has 0 spiro atoms. The van der Waals surface area contributed by atoms with Crippen LogP contribution in [0.5, 0.6) is 0 Å². The lowest BCUT2D eigenvalue weighted by Gasteiger charge is -2.02. The number of rotatable bonds is 3. The minimum absolute atomic E-state index is 0.134. The van der Waals surface area contributed by atoms with Crippen LogP contribution in [-0.2, 0) is 6.54 Å². The number of aromatic nitrogens is 2. The van der Waals surface area contributed by atoms with Crippen molar-refractivity contribution in [1.82, 2.24) is 15.3 Å². The number of benzene rings is 1. The van der Waals surface area contributed by atoms with E-state index >= 15 is 0 Å². The fourth-order valence-electron chi connectivity index (χ4n) is 1.92. The number of H-pyrrole nitrogens is 1. The number of nitrogen functional groups attached to an aromatic ring is 1. The maximum atomic E-state index is 12.1. The Morgan fingerprint density at radius 3 is 3.16 bits per heavy atom. The second-order valence-electron chi connectivity index (χ2n) is 4.17. The first kappa shape index (κ1) is 11.7. The summed E-state index contributed by atoms with van der Waals surface area (Å²) in [5.41, 5.74) is 10.5. The number of aromatic amines is 1. The molecule has 0 aliphatic rings. The van der Waals surface area contributed by atoms with Crippen molar-refractivity contribution >= 4 is 33.8 Å². The molecule has 0 aliphatic carbocycles. The van der Waals surface area contributed by atoms with Gasteiger partial charge in [0.1, 0.15) is 0 Å². The largest absolute Gasteiger partial charge is 0.399 e. The fraction of sp³-hybridized carbons (Fsp3) is 0.0769. The summed E-state index contributed by atoms with van der Waals surface area (Å²) in [7, 11) is 0. The van der Waals surface area contributed by atoms with E-state index < -0.39 is 0 Å². The van der Waals surface area contributed by atoms with Gasteiger partial charge in [-0.1, -0.05) is 0 Å². The second kappa shape index (κ2) is 4.74. The lowest BCUT2D eigenvalue weighted by molar-refractivity contribution is 0.0952. The molecule has 0 bridgehead atoms. The van der Waals surface area contributed by atoms with Gasteiger partial charge in [-0.05, 0) is 18.2 Å². The number of anilines is 1. The van der Waals surface area contributed by atoms with Gasteiger partial charge in [0, 0.05) is 28.2 Å². The van der Waals surface area contributed by atoms with Crippen molar-refractivity contribution < 1.29 is 4.79 Å². The van der Waals surface area contributed by atoms with E-state index in [1.807, 2.05) is 11.4 Å². The van der Waals surface area contributed by atoms with Crippen molar-refractivity contribution in [3.63, 3.8) is 0 Å². The monoisotopic (exact) mass is 272 g/mol. The van der Waals surface area contributed by atoms with Gasteiger partial charge in [-0.2, -0.15) is 0 Å². The predicted molar refractivity (Wildman–Crippen MR) is 76.0 cm³/mol. The first-order chi connectivity index (χ1) is 9.24. The maximum Gasteiger partial charge on any atom is 0.253 e. The van der Waals surface area contributed by atoms with Gasteiger partial charge in [-0.25, -0.2) is 4.98 Å². The van der Waals surface area contributed by atoms with Crippen LogP contribution < -0.4 is 11.1 Å². The van der Waals surface area contributed by atoms with E-state index in [0.717, 1.165) is 16.6 Å². The van der Waals surface area contributed by atoms with E-state index in [0.29, 0.717) is 17.8 Å². The Morgan fingerprint density at radius 2 is 2.37 bits per heavy atom. The number of thiazole rings is 1. The van der Waals surface area contributed by atoms with E-state index in [-0.39, 0.29) is 5.91 Å². The molecular formula is C13H12N4OS. The predicted octanol–water partition coefficient (Wildman–Crippen LogP) is 2.14. The quantitative estimate of drug-likeness (QED) is 0.639. The molecule has 5 nitrogen and oxygen atoms in total. The Hall–Kier alpha value is -2.34. The molecule has 0 saturated heterocycles. The highest BCUT2D eigenvalue weighted by atomic mass is 32.1. The lowest BCUT2D eigenvalue weighted by atomic mass is 10.1. The van der Waals surface area contributed by atoms with E-state index in [9.17, 15) is 4.79 Å². The molecule has 2 aromatic heterocycles. The number of nitrogens with one attached hydrogen (secondary N) is 2. The normalized spacial score (nSPS) is 10.7. The van der Waals surface area contributed by atoms with Gasteiger partial charge < -0.3 is 16.0 Å². The van der Waals surface area contributed by atoms with E-state index in [1.165, 1.54) is 11.3 Å². The summed E-state index contributed by atoms with van der Waals surface area (Å²) in [6, 6.07) is 5.46. The highest BCUT2D eigenvalue weighted by Gasteiger charge is 2.12. The van der Waals surface area contributed by atoms with Crippen LogP contribution in [0.2, 0.25) is 0 Å². The number of nitrogens with zero attached hydrogens (tertiary/aromatic N) is 1. The Bertz CT molecular complexity index is 717. The SMILES string of the molecule is Nc1ccc2[nH]cc(C(=O)NCc3cscn3)c2c1. The van der Waals surface area contributed by atoms with Gasteiger partial charge in [0.05, 0.1) is 23.3 Å². The highest BCUT2D eigenvalue weighted by molar-refractivity contribution is 7.07. The van der Waals surface area contributed by atoms with Gasteiger partial charge in [0.15, 0.2) is 0 Å². The van der Waals surface area contributed by atoms with Crippen molar-refractivity contribution in [3.8, 4) is 0 Å². The van der Waals surface area contributed by atoms with E-state index in [4.69, 9.17) is 5.73 Å². The van der Waals surface area contributed by atoms with Gasteiger partial charge in [0.25, 0.3) is 5.91 Å². The smallest absolute Gasteiger partial charge is 0.253 e. The molecule has 2 heterocycles. The molecule has 0 radical (unpaired) electrons. The molecule has 1 aromatic carbocycles. The number of fused-ring (bicyclic) bond motifs is 1. The molecule has 0 atom stereocenters. The Kier molecular flexibility index (Phi) is 2.92. The van der Waals surface area contributed by atoms with Gasteiger partial charge in [-0.15, -0.1) is 11.3 Å². The standard InChI is InChI=1S/C13H12N4OS/c14-8-1-2-12-10(3-8)11(5-15-12)13(18)16-4-9-6-19-7-17-9/h1-3,5-7,15H,4,14H2,(H,16,18). The minimum atomic E-state index is -0.134. The van der Waals surface area contributed by atoms with Crippen LogP contribution in [0.4, 0.5) is 5.69 Å². The maximum absolute atomic E-state index is 12.1. The summed E-state index contributed by atoms with van der Waals surface area (Å²) in [4.78, 5) is 19.3. The average Bonchev–Trinajstić information content (AvgIpc) is 3.04. The van der Waals surface area contributed by atoms with Crippen molar-refractivity contribution in [2.24, 2.45) is 0 Å². The third-order valence-electron chi connectivity index (χ3n) is 2.86. The lowest BCUT2D eigenvalue weighted by Crippen LogP contribution is -2.22. The third kappa shape index (κ3) is 2.30. The van der Waals surface area contributed by atoms with Gasteiger partial charge >= 0.3 is 0 Å². The number of hydrogen-bond donors (Lipinski definition) is 3. The Labute approximate surface area is 113 Å². The zero-order chi connectivity index (χ0) is 13.2.